The zero-order chi connectivity index (χ0) is 10.8. The largest absolute Gasteiger partial charge is 0.374 e. The Hall–Kier alpha value is -0.760. The normalized spacial score (nSPS) is 23.9. The molecule has 1 fully saturated rings. The predicted octanol–water partition coefficient (Wildman–Crippen LogP) is 2.91. The van der Waals surface area contributed by atoms with Crippen LogP contribution in [0.1, 0.15) is 19.0 Å². The summed E-state index contributed by atoms with van der Waals surface area (Å²) in [6.45, 7) is 3.46. The first-order valence-electron chi connectivity index (χ1n) is 5.42. The quantitative estimate of drug-likeness (QED) is 0.732. The molecule has 0 aromatic carbocycles. The number of aromatic nitrogens is 1. The van der Waals surface area contributed by atoms with Gasteiger partial charge in [-0.25, -0.2) is 0 Å². The molecular formula is C12H17ClN2. The Kier molecular flexibility index (Phi) is 3.15. The average molecular weight is 225 g/mol. The monoisotopic (exact) mass is 224 g/mol. The van der Waals surface area contributed by atoms with Gasteiger partial charge in [-0.05, 0) is 30.4 Å². The van der Waals surface area contributed by atoms with E-state index in [1.807, 2.05) is 12.3 Å². The van der Waals surface area contributed by atoms with E-state index in [1.54, 1.807) is 0 Å². The highest BCUT2D eigenvalue weighted by Gasteiger charge is 2.33. The van der Waals surface area contributed by atoms with Crippen molar-refractivity contribution in [3.63, 3.8) is 0 Å². The molecule has 1 aliphatic rings. The van der Waals surface area contributed by atoms with Crippen LogP contribution in [0.5, 0.6) is 0 Å². The highest BCUT2D eigenvalue weighted by atomic mass is 35.5. The number of hydrogen-bond acceptors (Lipinski definition) is 2. The molecule has 15 heavy (non-hydrogen) atoms. The highest BCUT2D eigenvalue weighted by molar-refractivity contribution is 6.16. The van der Waals surface area contributed by atoms with Gasteiger partial charge in [-0.15, -0.1) is 11.6 Å². The number of halogens is 1. The number of anilines is 1. The second kappa shape index (κ2) is 4.40. The summed E-state index contributed by atoms with van der Waals surface area (Å²) in [5, 5.41) is 0. The van der Waals surface area contributed by atoms with E-state index in [0.29, 0.717) is 5.88 Å². The number of alkyl halides is 1. The third-order valence-corrected chi connectivity index (χ3v) is 3.44. The van der Waals surface area contributed by atoms with Crippen LogP contribution in [-0.2, 0) is 5.88 Å². The number of hydrogen-bond donors (Lipinski definition) is 0. The van der Waals surface area contributed by atoms with Gasteiger partial charge in [-0.3, -0.25) is 4.98 Å². The van der Waals surface area contributed by atoms with Crippen LogP contribution >= 0.6 is 11.6 Å². The molecule has 0 amide bonds. The molecule has 3 heteroatoms. The van der Waals surface area contributed by atoms with Crippen LogP contribution in [0, 0.1) is 11.8 Å². The first-order valence-corrected chi connectivity index (χ1v) is 5.96. The molecule has 0 aliphatic heterocycles. The highest BCUT2D eigenvalue weighted by Crippen LogP contribution is 2.38. The summed E-state index contributed by atoms with van der Waals surface area (Å²) < 4.78 is 0. The van der Waals surface area contributed by atoms with E-state index in [0.717, 1.165) is 24.1 Å². The Balaban J connectivity index is 2.00. The SMILES string of the molecule is CC1CC1CN(C)c1ccnc(CCl)c1. The second-order valence-corrected chi connectivity index (χ2v) is 4.76. The fraction of sp³-hybridized carbons (Fsp3) is 0.583. The number of pyridine rings is 1. The molecule has 0 N–H and O–H groups in total. The van der Waals surface area contributed by atoms with E-state index in [9.17, 15) is 0 Å². The van der Waals surface area contributed by atoms with Crippen molar-refractivity contribution in [1.82, 2.24) is 4.98 Å². The maximum Gasteiger partial charge on any atom is 0.0648 e. The van der Waals surface area contributed by atoms with Crippen LogP contribution in [0.3, 0.4) is 0 Å². The van der Waals surface area contributed by atoms with E-state index in [4.69, 9.17) is 11.6 Å². The lowest BCUT2D eigenvalue weighted by molar-refractivity contribution is 0.725. The van der Waals surface area contributed by atoms with E-state index in [1.165, 1.54) is 12.1 Å². The van der Waals surface area contributed by atoms with Gasteiger partial charge in [0.2, 0.25) is 0 Å². The minimum Gasteiger partial charge on any atom is -0.374 e. The summed E-state index contributed by atoms with van der Waals surface area (Å²) in [4.78, 5) is 6.49. The molecule has 2 nitrogen and oxygen atoms in total. The minimum absolute atomic E-state index is 0.488. The van der Waals surface area contributed by atoms with Crippen LogP contribution < -0.4 is 4.90 Å². The number of rotatable bonds is 4. The van der Waals surface area contributed by atoms with Gasteiger partial charge in [0, 0.05) is 25.5 Å². The van der Waals surface area contributed by atoms with Gasteiger partial charge in [-0.2, -0.15) is 0 Å². The van der Waals surface area contributed by atoms with Crippen molar-refractivity contribution in [2.24, 2.45) is 11.8 Å². The van der Waals surface area contributed by atoms with Crippen LogP contribution in [0.4, 0.5) is 5.69 Å². The molecule has 0 bridgehead atoms. The van der Waals surface area contributed by atoms with Crippen LogP contribution in [0.25, 0.3) is 0 Å². The molecule has 0 saturated heterocycles. The van der Waals surface area contributed by atoms with Gasteiger partial charge >= 0.3 is 0 Å². The molecule has 1 saturated carbocycles. The second-order valence-electron chi connectivity index (χ2n) is 4.49. The molecule has 1 heterocycles. The van der Waals surface area contributed by atoms with Crippen molar-refractivity contribution in [1.29, 1.82) is 0 Å². The molecule has 2 rings (SSSR count). The molecular weight excluding hydrogens is 208 g/mol. The predicted molar refractivity (Wildman–Crippen MR) is 64.3 cm³/mol. The van der Waals surface area contributed by atoms with Crippen molar-refractivity contribution in [2.75, 3.05) is 18.5 Å². The first-order chi connectivity index (χ1) is 7.20. The standard InChI is InChI=1S/C12H17ClN2/c1-9-5-10(9)8-15(2)12-3-4-14-11(6-12)7-13/h3-4,6,9-10H,5,7-8H2,1-2H3. The molecule has 2 unspecified atom stereocenters. The molecule has 1 aromatic rings. The zero-order valence-electron chi connectivity index (χ0n) is 9.28. The van der Waals surface area contributed by atoms with Gasteiger partial charge in [0.15, 0.2) is 0 Å². The van der Waals surface area contributed by atoms with E-state index >= 15 is 0 Å². The minimum atomic E-state index is 0.488. The zero-order valence-corrected chi connectivity index (χ0v) is 10.0. The van der Waals surface area contributed by atoms with E-state index in [2.05, 4.69) is 29.9 Å². The van der Waals surface area contributed by atoms with Crippen molar-refractivity contribution in [3.05, 3.63) is 24.0 Å². The van der Waals surface area contributed by atoms with Crippen LogP contribution in [-0.4, -0.2) is 18.6 Å². The summed E-state index contributed by atoms with van der Waals surface area (Å²) in [6.07, 6.45) is 3.21. The van der Waals surface area contributed by atoms with Crippen LogP contribution in [0.2, 0.25) is 0 Å². The lowest BCUT2D eigenvalue weighted by Gasteiger charge is -2.19. The molecule has 82 valence electrons. The third kappa shape index (κ3) is 2.63. The van der Waals surface area contributed by atoms with Crippen molar-refractivity contribution >= 4 is 17.3 Å². The Bertz CT molecular complexity index is 340. The summed E-state index contributed by atoms with van der Waals surface area (Å²) in [6, 6.07) is 4.11. The van der Waals surface area contributed by atoms with E-state index < -0.39 is 0 Å². The maximum absolute atomic E-state index is 5.76. The summed E-state index contributed by atoms with van der Waals surface area (Å²) in [7, 11) is 2.14. The Morgan fingerprint density at radius 3 is 2.93 bits per heavy atom. The average Bonchev–Trinajstić information content (AvgIpc) is 2.94. The fourth-order valence-electron chi connectivity index (χ4n) is 1.89. The van der Waals surface area contributed by atoms with Crippen LogP contribution in [0.15, 0.2) is 18.3 Å². The Morgan fingerprint density at radius 1 is 1.60 bits per heavy atom. The Morgan fingerprint density at radius 2 is 2.33 bits per heavy atom. The van der Waals surface area contributed by atoms with Crippen molar-refractivity contribution in [2.45, 2.75) is 19.2 Å². The maximum atomic E-state index is 5.76. The first kappa shape index (κ1) is 10.7. The molecule has 0 spiro atoms. The smallest absolute Gasteiger partial charge is 0.0648 e. The van der Waals surface area contributed by atoms with Crippen molar-refractivity contribution in [3.8, 4) is 0 Å². The van der Waals surface area contributed by atoms with Gasteiger partial charge in [0.05, 0.1) is 11.6 Å². The molecule has 0 radical (unpaired) electrons. The summed E-state index contributed by atoms with van der Waals surface area (Å²) in [5.74, 6) is 2.27. The fourth-order valence-corrected chi connectivity index (χ4v) is 2.03. The lowest BCUT2D eigenvalue weighted by atomic mass is 10.2. The molecule has 1 aromatic heterocycles. The molecule has 1 aliphatic carbocycles. The number of nitrogens with zero attached hydrogens (tertiary/aromatic N) is 2. The van der Waals surface area contributed by atoms with Gasteiger partial charge < -0.3 is 4.90 Å². The van der Waals surface area contributed by atoms with Gasteiger partial charge in [0.1, 0.15) is 0 Å². The van der Waals surface area contributed by atoms with Gasteiger partial charge in [0.25, 0.3) is 0 Å². The molecule has 2 atom stereocenters. The van der Waals surface area contributed by atoms with Crippen molar-refractivity contribution < 1.29 is 0 Å². The summed E-state index contributed by atoms with van der Waals surface area (Å²) >= 11 is 5.76. The Labute approximate surface area is 96.3 Å². The van der Waals surface area contributed by atoms with E-state index in [-0.39, 0.29) is 0 Å². The third-order valence-electron chi connectivity index (χ3n) is 3.16. The van der Waals surface area contributed by atoms with Gasteiger partial charge in [-0.1, -0.05) is 6.92 Å². The summed E-state index contributed by atoms with van der Waals surface area (Å²) in [5.41, 5.74) is 2.17. The topological polar surface area (TPSA) is 16.1 Å². The lowest BCUT2D eigenvalue weighted by Crippen LogP contribution is -2.20.